The smallest absolute Gasteiger partial charge is 0.410 e. The van der Waals surface area contributed by atoms with Gasteiger partial charge in [-0.3, -0.25) is 0 Å². The largest absolute Gasteiger partial charge is 0.478 e. The number of ether oxygens (including phenoxy) is 1. The lowest BCUT2D eigenvalue weighted by Crippen LogP contribution is -2.40. The number of carboxylic acids is 2. The average molecular weight is 447 g/mol. The van der Waals surface area contributed by atoms with Crippen LogP contribution in [-0.2, 0) is 14.3 Å². The molecule has 0 spiro atoms. The first-order valence-corrected chi connectivity index (χ1v) is 11.2. The summed E-state index contributed by atoms with van der Waals surface area (Å²) >= 11 is 0. The van der Waals surface area contributed by atoms with E-state index in [0.29, 0.717) is 18.1 Å². The van der Waals surface area contributed by atoms with Crippen molar-refractivity contribution < 1.29 is 29.3 Å². The van der Waals surface area contributed by atoms with Crippen molar-refractivity contribution in [2.75, 3.05) is 26.2 Å². The molecule has 2 unspecified atom stereocenters. The molecule has 1 aromatic carbocycles. The monoisotopic (exact) mass is 446 g/mol. The lowest BCUT2D eigenvalue weighted by molar-refractivity contribution is -0.134. The summed E-state index contributed by atoms with van der Waals surface area (Å²) in [5, 5.41) is 15.6. The van der Waals surface area contributed by atoms with Crippen molar-refractivity contribution in [3.8, 4) is 0 Å². The van der Waals surface area contributed by atoms with Crippen LogP contribution >= 0.6 is 0 Å². The van der Waals surface area contributed by atoms with Crippen LogP contribution in [-0.4, -0.2) is 70.3 Å². The molecule has 0 bridgehead atoms. The van der Waals surface area contributed by atoms with Crippen molar-refractivity contribution in [2.24, 2.45) is 5.92 Å². The zero-order valence-electron chi connectivity index (χ0n) is 18.9. The third-order valence-electron chi connectivity index (χ3n) is 5.63. The average Bonchev–Trinajstić information content (AvgIpc) is 3.11. The zero-order chi connectivity index (χ0) is 23.5. The minimum Gasteiger partial charge on any atom is -0.478 e. The number of nitrogens with zero attached hydrogens (tertiary/aromatic N) is 2. The molecule has 1 aromatic rings. The van der Waals surface area contributed by atoms with E-state index in [1.807, 2.05) is 23.1 Å². The normalized spacial score (nSPS) is 21.3. The minimum atomic E-state index is -1.26. The fourth-order valence-electron chi connectivity index (χ4n) is 4.18. The van der Waals surface area contributed by atoms with Gasteiger partial charge in [-0.2, -0.15) is 0 Å². The lowest BCUT2D eigenvalue weighted by Gasteiger charge is -2.30. The number of rotatable bonds is 8. The quantitative estimate of drug-likeness (QED) is 0.585. The van der Waals surface area contributed by atoms with Crippen molar-refractivity contribution in [2.45, 2.75) is 51.7 Å². The van der Waals surface area contributed by atoms with Gasteiger partial charge < -0.3 is 24.7 Å². The highest BCUT2D eigenvalue weighted by molar-refractivity contribution is 5.89. The first kappa shape index (κ1) is 25.4. The zero-order valence-corrected chi connectivity index (χ0v) is 18.9. The van der Waals surface area contributed by atoms with Crippen LogP contribution in [0.4, 0.5) is 4.79 Å². The van der Waals surface area contributed by atoms with Crippen LogP contribution in [0, 0.1) is 5.92 Å². The van der Waals surface area contributed by atoms with Gasteiger partial charge >= 0.3 is 18.0 Å². The van der Waals surface area contributed by atoms with Crippen LogP contribution in [0.15, 0.2) is 42.5 Å². The molecule has 2 heterocycles. The highest BCUT2D eigenvalue weighted by Gasteiger charge is 2.43. The van der Waals surface area contributed by atoms with Crippen molar-refractivity contribution in [1.82, 2.24) is 9.80 Å². The van der Waals surface area contributed by atoms with E-state index in [0.717, 1.165) is 25.1 Å². The molecule has 2 saturated heterocycles. The third kappa shape index (κ3) is 8.00. The Kier molecular flexibility index (Phi) is 10.2. The van der Waals surface area contributed by atoms with E-state index in [-0.39, 0.29) is 18.2 Å². The Morgan fingerprint density at radius 2 is 1.62 bits per heavy atom. The van der Waals surface area contributed by atoms with Crippen LogP contribution < -0.4 is 0 Å². The number of cyclic esters (lactones) is 1. The number of amides is 1. The summed E-state index contributed by atoms with van der Waals surface area (Å²) in [6.45, 7) is 8.67. The van der Waals surface area contributed by atoms with E-state index in [1.165, 1.54) is 32.4 Å². The van der Waals surface area contributed by atoms with E-state index in [9.17, 15) is 14.4 Å². The highest BCUT2D eigenvalue weighted by atomic mass is 16.6. The van der Waals surface area contributed by atoms with Gasteiger partial charge in [-0.15, -0.1) is 0 Å². The van der Waals surface area contributed by atoms with Gasteiger partial charge in [0.15, 0.2) is 0 Å². The number of likely N-dealkylation sites (tertiary alicyclic amines) is 1. The molecule has 1 amide bonds. The van der Waals surface area contributed by atoms with E-state index < -0.39 is 11.9 Å². The van der Waals surface area contributed by atoms with Crippen molar-refractivity contribution >= 4 is 18.0 Å². The number of hydrogen-bond acceptors (Lipinski definition) is 5. The van der Waals surface area contributed by atoms with Gasteiger partial charge in [0.25, 0.3) is 0 Å². The maximum absolute atomic E-state index is 12.4. The van der Waals surface area contributed by atoms with Crippen molar-refractivity contribution in [3.05, 3.63) is 48.0 Å². The Labute approximate surface area is 189 Å². The number of hydrogen-bond donors (Lipinski definition) is 2. The summed E-state index contributed by atoms with van der Waals surface area (Å²) in [5.74, 6) is -2.14. The molecule has 2 aliphatic rings. The minimum absolute atomic E-state index is 0.126. The van der Waals surface area contributed by atoms with Gasteiger partial charge in [0.05, 0.1) is 6.04 Å². The summed E-state index contributed by atoms with van der Waals surface area (Å²) in [6, 6.07) is 10.3. The van der Waals surface area contributed by atoms with E-state index >= 15 is 0 Å². The van der Waals surface area contributed by atoms with Gasteiger partial charge in [-0.25, -0.2) is 14.4 Å². The molecule has 2 aliphatic heterocycles. The Morgan fingerprint density at radius 3 is 2.16 bits per heavy atom. The number of piperidine rings is 1. The maximum Gasteiger partial charge on any atom is 0.410 e. The predicted octanol–water partition coefficient (Wildman–Crippen LogP) is 3.79. The number of benzene rings is 1. The maximum atomic E-state index is 12.4. The Morgan fingerprint density at radius 1 is 1.03 bits per heavy atom. The molecule has 0 saturated carbocycles. The summed E-state index contributed by atoms with van der Waals surface area (Å²) < 4.78 is 5.75. The summed E-state index contributed by atoms with van der Waals surface area (Å²) in [7, 11) is 0. The second kappa shape index (κ2) is 12.9. The van der Waals surface area contributed by atoms with Gasteiger partial charge in [0, 0.05) is 18.7 Å². The predicted molar refractivity (Wildman–Crippen MR) is 120 cm³/mol. The highest BCUT2D eigenvalue weighted by Crippen LogP contribution is 2.36. The summed E-state index contributed by atoms with van der Waals surface area (Å²) in [4.78, 5) is 36.0. The van der Waals surface area contributed by atoms with Crippen LogP contribution in [0.1, 0.15) is 51.2 Å². The number of carbonyl (C=O) groups excluding carboxylic acids is 1. The molecule has 0 radical (unpaired) electrons. The lowest BCUT2D eigenvalue weighted by atomic mass is 9.93. The first-order chi connectivity index (χ1) is 15.3. The Hall–Kier alpha value is -2.87. The first-order valence-electron chi connectivity index (χ1n) is 11.2. The molecular formula is C24H34N2O6. The van der Waals surface area contributed by atoms with Crippen molar-refractivity contribution in [1.29, 1.82) is 0 Å². The molecule has 0 aromatic heterocycles. The molecule has 2 atom stereocenters. The topological polar surface area (TPSA) is 107 Å². The van der Waals surface area contributed by atoms with Gasteiger partial charge in [0.2, 0.25) is 0 Å². The number of carbonyl (C=O) groups is 3. The second-order valence-corrected chi connectivity index (χ2v) is 8.41. The van der Waals surface area contributed by atoms with Crippen LogP contribution in [0.3, 0.4) is 0 Å². The van der Waals surface area contributed by atoms with Gasteiger partial charge in [0.1, 0.15) is 6.10 Å². The van der Waals surface area contributed by atoms with Crippen LogP contribution in [0.5, 0.6) is 0 Å². The molecular weight excluding hydrogens is 412 g/mol. The fraction of sp³-hybridized carbons (Fsp3) is 0.542. The van der Waals surface area contributed by atoms with E-state index in [4.69, 9.17) is 14.9 Å². The molecule has 8 heteroatoms. The van der Waals surface area contributed by atoms with Gasteiger partial charge in [-0.05, 0) is 50.4 Å². The molecule has 32 heavy (non-hydrogen) atoms. The number of aliphatic carboxylic acids is 2. The SMILES string of the molecule is CC(C)C1C(c2ccccc2)OC(=O)N1CCCN1CCCCC1.O=C(O)C=CC(=O)O. The molecule has 8 nitrogen and oxygen atoms in total. The third-order valence-corrected chi connectivity index (χ3v) is 5.63. The second-order valence-electron chi connectivity index (χ2n) is 8.41. The number of carboxylic acid groups (broad SMARTS) is 2. The fourth-order valence-corrected chi connectivity index (χ4v) is 4.18. The van der Waals surface area contributed by atoms with Gasteiger partial charge in [-0.1, -0.05) is 50.6 Å². The Balaban J connectivity index is 0.000000390. The van der Waals surface area contributed by atoms with Crippen molar-refractivity contribution in [3.63, 3.8) is 0 Å². The van der Waals surface area contributed by atoms with E-state index in [1.54, 1.807) is 0 Å². The standard InChI is InChI=1S/C20H30N2O2.C4H4O4/c1-16(2)18-19(17-10-5-3-6-11-17)24-20(23)22(18)15-9-14-21-12-7-4-8-13-21;5-3(6)1-2-4(7)8/h3,5-6,10-11,16,18-19H,4,7-9,12-15H2,1-2H3;1-2H,(H,5,6)(H,7,8). The molecule has 3 rings (SSSR count). The Bertz CT molecular complexity index is 758. The molecule has 2 fully saturated rings. The summed E-state index contributed by atoms with van der Waals surface area (Å²) in [6.07, 6.45) is 5.84. The van der Waals surface area contributed by atoms with E-state index in [2.05, 4.69) is 30.9 Å². The van der Waals surface area contributed by atoms with Crippen LogP contribution in [0.25, 0.3) is 0 Å². The van der Waals surface area contributed by atoms with Crippen LogP contribution in [0.2, 0.25) is 0 Å². The molecule has 0 aliphatic carbocycles. The molecule has 2 N–H and O–H groups in total. The molecule has 176 valence electrons. The summed E-state index contributed by atoms with van der Waals surface area (Å²) in [5.41, 5.74) is 1.10.